The lowest BCUT2D eigenvalue weighted by atomic mass is 9.89. The second kappa shape index (κ2) is 16.3. The van der Waals surface area contributed by atoms with Crippen LogP contribution >= 0.6 is 0 Å². The molecule has 304 valence electrons. The Morgan fingerprint density at radius 2 is 0.569 bits per heavy atom. The predicted octanol–water partition coefficient (Wildman–Crippen LogP) is 18.1. The molecule has 0 aliphatic rings. The fraction of sp³-hybridized carbons (Fsp3) is 0. The Morgan fingerprint density at radius 1 is 0.185 bits per heavy atom. The fourth-order valence-corrected chi connectivity index (χ4v) is 9.98. The van der Waals surface area contributed by atoms with Gasteiger partial charge in [-0.15, -0.1) is 0 Å². The average molecular weight is 826 g/mol. The van der Waals surface area contributed by atoms with Crippen LogP contribution in [-0.2, 0) is 0 Å². The van der Waals surface area contributed by atoms with Gasteiger partial charge in [-0.1, -0.05) is 212 Å². The number of nitrogens with zero attached hydrogens (tertiary/aromatic N) is 1. The second-order valence-electron chi connectivity index (χ2n) is 16.8. The zero-order valence-corrected chi connectivity index (χ0v) is 35.8. The van der Waals surface area contributed by atoms with Crippen LogP contribution in [0.25, 0.3) is 98.7 Å². The van der Waals surface area contributed by atoms with Crippen molar-refractivity contribution in [1.29, 1.82) is 0 Å². The molecule has 0 saturated heterocycles. The zero-order valence-electron chi connectivity index (χ0n) is 35.8. The van der Waals surface area contributed by atoms with Crippen LogP contribution in [0.1, 0.15) is 0 Å². The van der Waals surface area contributed by atoms with Crippen molar-refractivity contribution in [2.45, 2.75) is 0 Å². The van der Waals surface area contributed by atoms with E-state index in [0.717, 1.165) is 17.1 Å². The number of anilines is 3. The van der Waals surface area contributed by atoms with Crippen molar-refractivity contribution in [3.8, 4) is 55.6 Å². The van der Waals surface area contributed by atoms with Gasteiger partial charge in [0.2, 0.25) is 0 Å². The van der Waals surface area contributed by atoms with Gasteiger partial charge < -0.3 is 4.90 Å². The summed E-state index contributed by atoms with van der Waals surface area (Å²) in [6.45, 7) is 0. The minimum Gasteiger partial charge on any atom is -0.310 e. The number of benzene rings is 12. The van der Waals surface area contributed by atoms with Gasteiger partial charge in [0.15, 0.2) is 0 Å². The van der Waals surface area contributed by atoms with Crippen LogP contribution in [-0.4, -0.2) is 0 Å². The summed E-state index contributed by atoms with van der Waals surface area (Å²) in [5.74, 6) is 0. The third kappa shape index (κ3) is 6.92. The minimum absolute atomic E-state index is 1.09. The normalized spacial score (nSPS) is 11.4. The molecule has 65 heavy (non-hydrogen) atoms. The quantitative estimate of drug-likeness (QED) is 0.138. The molecule has 1 nitrogen and oxygen atoms in total. The highest BCUT2D eigenvalue weighted by molar-refractivity contribution is 6.16. The van der Waals surface area contributed by atoms with Gasteiger partial charge in [-0.3, -0.25) is 0 Å². The number of fused-ring (bicyclic) bond motifs is 6. The molecule has 0 heterocycles. The summed E-state index contributed by atoms with van der Waals surface area (Å²) in [4.78, 5) is 2.38. The molecule has 0 fully saturated rings. The first-order valence-corrected chi connectivity index (χ1v) is 22.4. The Labute approximate surface area is 379 Å². The SMILES string of the molecule is c1ccc(-c2cccc(N(c3ccc(-c4ccccc4-c4cc5ccccc5c5ccccc45)cc3)c3ccc(-c4ccccc4-c4cc5ccccc5c5ccccc45)cc3)c2)cc1. The van der Waals surface area contributed by atoms with Gasteiger partial charge in [0.1, 0.15) is 0 Å². The van der Waals surface area contributed by atoms with Gasteiger partial charge in [-0.05, 0) is 147 Å². The monoisotopic (exact) mass is 825 g/mol. The molecule has 1 heteroatoms. The molecule has 0 bridgehead atoms. The second-order valence-corrected chi connectivity index (χ2v) is 16.8. The summed E-state index contributed by atoms with van der Waals surface area (Å²) in [6, 6.07) is 95.2. The number of hydrogen-bond donors (Lipinski definition) is 0. The van der Waals surface area contributed by atoms with Crippen molar-refractivity contribution in [3.63, 3.8) is 0 Å². The van der Waals surface area contributed by atoms with Gasteiger partial charge >= 0.3 is 0 Å². The van der Waals surface area contributed by atoms with Crippen molar-refractivity contribution >= 4 is 60.2 Å². The molecule has 12 aromatic carbocycles. The highest BCUT2D eigenvalue weighted by atomic mass is 15.1. The van der Waals surface area contributed by atoms with E-state index in [-0.39, 0.29) is 0 Å². The van der Waals surface area contributed by atoms with Crippen molar-refractivity contribution in [3.05, 3.63) is 261 Å². The topological polar surface area (TPSA) is 3.24 Å². The molecule has 0 aliphatic heterocycles. The highest BCUT2D eigenvalue weighted by Crippen LogP contribution is 2.44. The lowest BCUT2D eigenvalue weighted by Gasteiger charge is -2.27. The molecule has 12 aromatic rings. The van der Waals surface area contributed by atoms with E-state index < -0.39 is 0 Å². The summed E-state index contributed by atoms with van der Waals surface area (Å²) in [5.41, 5.74) is 15.3. The van der Waals surface area contributed by atoms with Crippen molar-refractivity contribution in [2.75, 3.05) is 4.90 Å². The van der Waals surface area contributed by atoms with Crippen LogP contribution in [0.5, 0.6) is 0 Å². The highest BCUT2D eigenvalue weighted by Gasteiger charge is 2.18. The Hall–Kier alpha value is -8.52. The van der Waals surface area contributed by atoms with Crippen molar-refractivity contribution in [1.82, 2.24) is 0 Å². The Kier molecular flexibility index (Phi) is 9.58. The van der Waals surface area contributed by atoms with E-state index in [1.54, 1.807) is 0 Å². The maximum Gasteiger partial charge on any atom is 0.0467 e. The lowest BCUT2D eigenvalue weighted by Crippen LogP contribution is -2.10. The Morgan fingerprint density at radius 3 is 1.06 bits per heavy atom. The van der Waals surface area contributed by atoms with E-state index in [2.05, 4.69) is 266 Å². The Balaban J connectivity index is 0.959. The first kappa shape index (κ1) is 38.2. The molecule has 0 spiro atoms. The summed E-state index contributed by atoms with van der Waals surface area (Å²) < 4.78 is 0. The summed E-state index contributed by atoms with van der Waals surface area (Å²) in [6.07, 6.45) is 0. The molecule has 0 aromatic heterocycles. The molecule has 0 amide bonds. The fourth-order valence-electron chi connectivity index (χ4n) is 9.98. The van der Waals surface area contributed by atoms with Crippen LogP contribution in [0, 0.1) is 0 Å². The molecule has 0 N–H and O–H groups in total. The Bertz CT molecular complexity index is 3490. The first-order valence-electron chi connectivity index (χ1n) is 22.4. The van der Waals surface area contributed by atoms with Gasteiger partial charge in [0, 0.05) is 17.1 Å². The van der Waals surface area contributed by atoms with Crippen LogP contribution in [0.15, 0.2) is 261 Å². The van der Waals surface area contributed by atoms with E-state index in [1.807, 2.05) is 0 Å². The van der Waals surface area contributed by atoms with Crippen molar-refractivity contribution in [2.24, 2.45) is 0 Å². The van der Waals surface area contributed by atoms with Gasteiger partial charge in [0.25, 0.3) is 0 Å². The van der Waals surface area contributed by atoms with E-state index in [1.165, 1.54) is 98.7 Å². The third-order valence-electron chi connectivity index (χ3n) is 13.1. The zero-order chi connectivity index (χ0) is 43.1. The molecule has 0 aliphatic carbocycles. The van der Waals surface area contributed by atoms with Crippen LogP contribution in [0.4, 0.5) is 17.1 Å². The molecule has 12 rings (SSSR count). The van der Waals surface area contributed by atoms with E-state index in [0.29, 0.717) is 0 Å². The summed E-state index contributed by atoms with van der Waals surface area (Å²) in [5, 5.41) is 10.1. The number of rotatable bonds is 8. The molecule has 0 saturated carbocycles. The van der Waals surface area contributed by atoms with E-state index >= 15 is 0 Å². The molecular formula is C64H43N. The summed E-state index contributed by atoms with van der Waals surface area (Å²) >= 11 is 0. The lowest BCUT2D eigenvalue weighted by molar-refractivity contribution is 1.28. The van der Waals surface area contributed by atoms with E-state index in [9.17, 15) is 0 Å². The maximum absolute atomic E-state index is 2.38. The maximum atomic E-state index is 2.38. The minimum atomic E-state index is 1.09. The van der Waals surface area contributed by atoms with Gasteiger partial charge in [-0.2, -0.15) is 0 Å². The van der Waals surface area contributed by atoms with Gasteiger partial charge in [-0.25, -0.2) is 0 Å². The van der Waals surface area contributed by atoms with Gasteiger partial charge in [0.05, 0.1) is 0 Å². The van der Waals surface area contributed by atoms with Crippen LogP contribution in [0.2, 0.25) is 0 Å². The number of hydrogen-bond acceptors (Lipinski definition) is 1. The van der Waals surface area contributed by atoms with E-state index in [4.69, 9.17) is 0 Å². The third-order valence-corrected chi connectivity index (χ3v) is 13.1. The standard InChI is InChI=1S/C64H43N/c1-2-17-44(18-3-1)47-21-16-22-52(41-47)65(50-37-33-45(34-38-50)53-23-8-10-29-59(53)63-42-48-19-4-6-25-55(48)57-27-12-14-31-61(57)63)51-39-35-46(36-40-51)54-24-9-11-30-60(54)64-43-49-20-5-7-26-56(49)58-28-13-15-32-62(58)64/h1-43H. The van der Waals surface area contributed by atoms with Crippen LogP contribution < -0.4 is 4.90 Å². The molecular weight excluding hydrogens is 783 g/mol. The summed E-state index contributed by atoms with van der Waals surface area (Å²) in [7, 11) is 0. The molecule has 0 unspecified atom stereocenters. The smallest absolute Gasteiger partial charge is 0.0467 e. The van der Waals surface area contributed by atoms with Crippen molar-refractivity contribution < 1.29 is 0 Å². The first-order chi connectivity index (χ1) is 32.2. The molecule has 0 atom stereocenters. The largest absolute Gasteiger partial charge is 0.310 e. The molecule has 0 radical (unpaired) electrons. The van der Waals surface area contributed by atoms with Crippen LogP contribution in [0.3, 0.4) is 0 Å². The predicted molar refractivity (Wildman–Crippen MR) is 278 cm³/mol. The average Bonchev–Trinajstić information content (AvgIpc) is 3.39.